The van der Waals surface area contributed by atoms with Gasteiger partial charge in [0.25, 0.3) is 0 Å². The number of hydrogen-bond donors (Lipinski definition) is 1. The molecule has 11 heavy (non-hydrogen) atoms. The fourth-order valence-electron chi connectivity index (χ4n) is 0.880. The maximum absolute atomic E-state index is 10.0. The molecule has 2 nitrogen and oxygen atoms in total. The maximum atomic E-state index is 10.0. The van der Waals surface area contributed by atoms with Gasteiger partial charge in [0.2, 0.25) is 0 Å². The molecule has 0 aliphatic heterocycles. The zero-order valence-electron chi connectivity index (χ0n) is 6.93. The van der Waals surface area contributed by atoms with Crippen LogP contribution in [0.5, 0.6) is 0 Å². The quantitative estimate of drug-likeness (QED) is 0.757. The van der Waals surface area contributed by atoms with E-state index in [2.05, 4.69) is 6.92 Å². The Balaban J connectivity index is 0. The number of carbonyl (C=O) groups is 1. The van der Waals surface area contributed by atoms with Gasteiger partial charge in [-0.15, -0.1) is 0 Å². The van der Waals surface area contributed by atoms with Crippen molar-refractivity contribution in [3.8, 4) is 0 Å². The standard InChI is InChI=1S/C8H16O2.Ir/c1-2-3-4-5-6-7-8(9)10;/h2-7H2,1H3,(H,9,10);. The summed E-state index contributed by atoms with van der Waals surface area (Å²) in [7, 11) is 0. The van der Waals surface area contributed by atoms with Crippen molar-refractivity contribution in [3.63, 3.8) is 0 Å². The van der Waals surface area contributed by atoms with Crippen LogP contribution in [0.1, 0.15) is 45.4 Å². The van der Waals surface area contributed by atoms with E-state index in [0.717, 1.165) is 12.8 Å². The topological polar surface area (TPSA) is 37.3 Å². The van der Waals surface area contributed by atoms with Crippen LogP contribution >= 0.6 is 0 Å². The van der Waals surface area contributed by atoms with Crippen LogP contribution in [-0.2, 0) is 24.9 Å². The molecule has 3 heteroatoms. The second-order valence-electron chi connectivity index (χ2n) is 2.56. The third-order valence-corrected chi connectivity index (χ3v) is 1.49. The van der Waals surface area contributed by atoms with Gasteiger partial charge in [-0.25, -0.2) is 0 Å². The van der Waals surface area contributed by atoms with Gasteiger partial charge in [0, 0.05) is 26.5 Å². The van der Waals surface area contributed by atoms with Crippen LogP contribution in [0.25, 0.3) is 0 Å². The maximum Gasteiger partial charge on any atom is 0.303 e. The van der Waals surface area contributed by atoms with Crippen molar-refractivity contribution < 1.29 is 30.0 Å². The van der Waals surface area contributed by atoms with E-state index in [1.165, 1.54) is 19.3 Å². The van der Waals surface area contributed by atoms with Crippen LogP contribution < -0.4 is 0 Å². The molecule has 0 spiro atoms. The first-order valence-corrected chi connectivity index (χ1v) is 3.99. The molecule has 0 aromatic carbocycles. The minimum absolute atomic E-state index is 0. The fourth-order valence-corrected chi connectivity index (χ4v) is 0.880. The number of aliphatic carboxylic acids is 1. The van der Waals surface area contributed by atoms with Crippen LogP contribution in [0.15, 0.2) is 0 Å². The molecule has 1 N–H and O–H groups in total. The minimum Gasteiger partial charge on any atom is -0.481 e. The summed E-state index contributed by atoms with van der Waals surface area (Å²) in [5, 5.41) is 8.27. The molecule has 0 unspecified atom stereocenters. The van der Waals surface area contributed by atoms with Crippen molar-refractivity contribution in [1.82, 2.24) is 0 Å². The number of carboxylic acid groups (broad SMARTS) is 1. The number of hydrogen-bond acceptors (Lipinski definition) is 1. The van der Waals surface area contributed by atoms with Crippen molar-refractivity contribution in [1.29, 1.82) is 0 Å². The third kappa shape index (κ3) is 13.2. The molecule has 69 valence electrons. The summed E-state index contributed by atoms with van der Waals surface area (Å²) in [6.45, 7) is 2.15. The molecule has 0 aliphatic rings. The first-order chi connectivity index (χ1) is 4.77. The molecule has 1 radical (unpaired) electrons. The van der Waals surface area contributed by atoms with Crippen LogP contribution in [0.3, 0.4) is 0 Å². The largest absolute Gasteiger partial charge is 0.481 e. The first-order valence-electron chi connectivity index (χ1n) is 3.99. The summed E-state index contributed by atoms with van der Waals surface area (Å²) in [5.74, 6) is -0.670. The predicted octanol–water partition coefficient (Wildman–Crippen LogP) is 2.43. The molecule has 0 aromatic rings. The molecule has 0 heterocycles. The van der Waals surface area contributed by atoms with E-state index in [1.807, 2.05) is 0 Å². The van der Waals surface area contributed by atoms with Crippen molar-refractivity contribution in [2.75, 3.05) is 0 Å². The Morgan fingerprint density at radius 3 is 2.18 bits per heavy atom. The number of carboxylic acids is 1. The van der Waals surface area contributed by atoms with E-state index in [0.29, 0.717) is 6.42 Å². The third-order valence-electron chi connectivity index (χ3n) is 1.49. The molecule has 0 aromatic heterocycles. The summed E-state index contributed by atoms with van der Waals surface area (Å²) < 4.78 is 0. The Morgan fingerprint density at radius 1 is 1.18 bits per heavy atom. The van der Waals surface area contributed by atoms with Gasteiger partial charge in [0.1, 0.15) is 0 Å². The van der Waals surface area contributed by atoms with Crippen LogP contribution in [0.4, 0.5) is 0 Å². The van der Waals surface area contributed by atoms with Crippen LogP contribution in [-0.4, -0.2) is 11.1 Å². The zero-order chi connectivity index (χ0) is 7.82. The van der Waals surface area contributed by atoms with Crippen molar-refractivity contribution in [3.05, 3.63) is 0 Å². The van der Waals surface area contributed by atoms with Gasteiger partial charge < -0.3 is 5.11 Å². The molecule has 0 bridgehead atoms. The average Bonchev–Trinajstić information content (AvgIpc) is 1.87. The first kappa shape index (κ1) is 13.7. The molecular weight excluding hydrogens is 320 g/mol. The number of unbranched alkanes of at least 4 members (excludes halogenated alkanes) is 4. The average molecular weight is 336 g/mol. The molecule has 0 aliphatic carbocycles. The minimum atomic E-state index is -0.670. The molecule has 0 saturated heterocycles. The second kappa shape index (κ2) is 10.1. The van der Waals surface area contributed by atoms with Gasteiger partial charge >= 0.3 is 5.97 Å². The van der Waals surface area contributed by atoms with E-state index in [1.54, 1.807) is 0 Å². The smallest absolute Gasteiger partial charge is 0.303 e. The summed E-state index contributed by atoms with van der Waals surface area (Å²) in [5.41, 5.74) is 0. The van der Waals surface area contributed by atoms with Crippen molar-refractivity contribution in [2.24, 2.45) is 0 Å². The molecular formula is C8H16IrO2. The summed E-state index contributed by atoms with van der Waals surface area (Å²) >= 11 is 0. The van der Waals surface area contributed by atoms with E-state index in [4.69, 9.17) is 5.11 Å². The van der Waals surface area contributed by atoms with Gasteiger partial charge in [-0.1, -0.05) is 32.6 Å². The Morgan fingerprint density at radius 2 is 1.73 bits per heavy atom. The molecule has 0 atom stereocenters. The SMILES string of the molecule is CCCCCCCC(=O)O.[Ir]. The Bertz CT molecular complexity index is 94.1. The summed E-state index contributed by atoms with van der Waals surface area (Å²) in [4.78, 5) is 10.0. The summed E-state index contributed by atoms with van der Waals surface area (Å²) in [6, 6.07) is 0. The van der Waals surface area contributed by atoms with Gasteiger partial charge in [0.15, 0.2) is 0 Å². The fraction of sp³-hybridized carbons (Fsp3) is 0.875. The Labute approximate surface area is 81.7 Å². The molecule has 0 rings (SSSR count). The Hall–Kier alpha value is 0.119. The van der Waals surface area contributed by atoms with E-state index < -0.39 is 5.97 Å². The normalized spacial score (nSPS) is 8.82. The Kier molecular flexibility index (Phi) is 12.6. The van der Waals surface area contributed by atoms with E-state index in [9.17, 15) is 4.79 Å². The zero-order valence-corrected chi connectivity index (χ0v) is 9.33. The monoisotopic (exact) mass is 337 g/mol. The van der Waals surface area contributed by atoms with E-state index in [-0.39, 0.29) is 20.1 Å². The predicted molar refractivity (Wildman–Crippen MR) is 41.0 cm³/mol. The van der Waals surface area contributed by atoms with Crippen molar-refractivity contribution >= 4 is 5.97 Å². The van der Waals surface area contributed by atoms with E-state index >= 15 is 0 Å². The number of rotatable bonds is 6. The molecule has 0 saturated carbocycles. The van der Waals surface area contributed by atoms with Gasteiger partial charge in [-0.05, 0) is 6.42 Å². The van der Waals surface area contributed by atoms with Gasteiger partial charge in [-0.2, -0.15) is 0 Å². The molecule has 0 fully saturated rings. The summed E-state index contributed by atoms with van der Waals surface area (Å²) in [6.07, 6.45) is 5.88. The second-order valence-corrected chi connectivity index (χ2v) is 2.56. The molecule has 0 amide bonds. The van der Waals surface area contributed by atoms with Crippen LogP contribution in [0.2, 0.25) is 0 Å². The van der Waals surface area contributed by atoms with Gasteiger partial charge in [-0.3, -0.25) is 4.79 Å². The van der Waals surface area contributed by atoms with Gasteiger partial charge in [0.05, 0.1) is 0 Å². The van der Waals surface area contributed by atoms with Crippen molar-refractivity contribution in [2.45, 2.75) is 45.4 Å². The van der Waals surface area contributed by atoms with Crippen LogP contribution in [0, 0.1) is 0 Å².